The van der Waals surface area contributed by atoms with Crippen molar-refractivity contribution >= 4 is 40.2 Å². The molecule has 0 aliphatic carbocycles. The van der Waals surface area contributed by atoms with E-state index in [-0.39, 0.29) is 10.8 Å². The Balaban J connectivity index is 2.62. The molecule has 20 heavy (non-hydrogen) atoms. The summed E-state index contributed by atoms with van der Waals surface area (Å²) in [6.45, 7) is 2.49. The molecule has 0 aromatic heterocycles. The first-order valence-corrected chi connectivity index (χ1v) is 6.95. The highest BCUT2D eigenvalue weighted by Gasteiger charge is 2.18. The number of benzene rings is 2. The average Bonchev–Trinajstić information content (AvgIpc) is 2.41. The summed E-state index contributed by atoms with van der Waals surface area (Å²) in [7, 11) is 0. The van der Waals surface area contributed by atoms with E-state index >= 15 is 0 Å². The van der Waals surface area contributed by atoms with Crippen molar-refractivity contribution in [2.24, 2.45) is 5.73 Å². The number of hydrogen-bond acceptors (Lipinski definition) is 2. The quantitative estimate of drug-likeness (QED) is 0.855. The second-order valence-electron chi connectivity index (χ2n) is 4.19. The maximum Gasteiger partial charge on any atom is 0.146 e. The molecule has 0 fully saturated rings. The Labute approximate surface area is 128 Å². The van der Waals surface area contributed by atoms with Gasteiger partial charge in [0.15, 0.2) is 0 Å². The van der Waals surface area contributed by atoms with Crippen LogP contribution >= 0.6 is 23.8 Å². The van der Waals surface area contributed by atoms with Crippen LogP contribution in [0.25, 0.3) is 0 Å². The van der Waals surface area contributed by atoms with Gasteiger partial charge in [-0.05, 0) is 31.2 Å². The first-order valence-electron chi connectivity index (χ1n) is 6.16. The molecule has 5 heteroatoms. The van der Waals surface area contributed by atoms with Crippen molar-refractivity contribution in [3.05, 3.63) is 58.9 Å². The standard InChI is InChI=1S/C15H14ClFN2S/c1-2-19(12-8-4-3-7-11(12)17)13-9-5-6-10(16)14(13)15(18)20/h3-9H,2H2,1H3,(H2,18,20). The minimum absolute atomic E-state index is 0.195. The van der Waals surface area contributed by atoms with E-state index in [1.54, 1.807) is 35.2 Å². The van der Waals surface area contributed by atoms with Gasteiger partial charge in [-0.2, -0.15) is 0 Å². The predicted octanol–water partition coefficient (Wildman–Crippen LogP) is 4.27. The summed E-state index contributed by atoms with van der Waals surface area (Å²) < 4.78 is 14.0. The van der Waals surface area contributed by atoms with Gasteiger partial charge in [0, 0.05) is 6.54 Å². The fourth-order valence-corrected chi connectivity index (χ4v) is 2.66. The van der Waals surface area contributed by atoms with Gasteiger partial charge in [0.1, 0.15) is 10.8 Å². The van der Waals surface area contributed by atoms with E-state index in [4.69, 9.17) is 29.6 Å². The van der Waals surface area contributed by atoms with Gasteiger partial charge in [-0.15, -0.1) is 0 Å². The molecule has 0 radical (unpaired) electrons. The maximum atomic E-state index is 14.0. The molecule has 2 nitrogen and oxygen atoms in total. The lowest BCUT2D eigenvalue weighted by Crippen LogP contribution is -2.22. The summed E-state index contributed by atoms with van der Waals surface area (Å²) in [5.41, 5.74) is 7.49. The summed E-state index contributed by atoms with van der Waals surface area (Å²) in [4.78, 5) is 2.00. The summed E-state index contributed by atoms with van der Waals surface area (Å²) in [5.74, 6) is -0.303. The number of nitrogens with zero attached hydrogens (tertiary/aromatic N) is 1. The topological polar surface area (TPSA) is 29.3 Å². The molecule has 2 aromatic rings. The minimum Gasteiger partial charge on any atom is -0.389 e. The van der Waals surface area contributed by atoms with Crippen LogP contribution in [-0.4, -0.2) is 11.5 Å². The zero-order valence-electron chi connectivity index (χ0n) is 10.9. The van der Waals surface area contributed by atoms with Gasteiger partial charge < -0.3 is 10.6 Å². The zero-order valence-corrected chi connectivity index (χ0v) is 12.5. The Morgan fingerprint density at radius 3 is 2.45 bits per heavy atom. The third-order valence-electron chi connectivity index (χ3n) is 2.99. The number of nitrogens with two attached hydrogens (primary N) is 1. The molecule has 0 saturated heterocycles. The van der Waals surface area contributed by atoms with Crippen LogP contribution in [0.3, 0.4) is 0 Å². The number of rotatable bonds is 4. The van der Waals surface area contributed by atoms with Crippen LogP contribution in [0.5, 0.6) is 0 Å². The van der Waals surface area contributed by atoms with Crippen LogP contribution in [0.2, 0.25) is 5.02 Å². The smallest absolute Gasteiger partial charge is 0.146 e. The van der Waals surface area contributed by atoms with Crippen LogP contribution in [0.4, 0.5) is 15.8 Å². The Bertz CT molecular complexity index is 646. The van der Waals surface area contributed by atoms with E-state index < -0.39 is 0 Å². The van der Waals surface area contributed by atoms with Gasteiger partial charge >= 0.3 is 0 Å². The van der Waals surface area contributed by atoms with Crippen LogP contribution in [-0.2, 0) is 0 Å². The van der Waals surface area contributed by atoms with Gasteiger partial charge in [0.05, 0.1) is 22.0 Å². The minimum atomic E-state index is -0.303. The highest BCUT2D eigenvalue weighted by molar-refractivity contribution is 7.80. The Hall–Kier alpha value is -1.65. The van der Waals surface area contributed by atoms with Crippen molar-refractivity contribution in [3.8, 4) is 0 Å². The molecule has 2 rings (SSSR count). The molecule has 0 spiro atoms. The second-order valence-corrected chi connectivity index (χ2v) is 5.04. The van der Waals surface area contributed by atoms with Crippen molar-refractivity contribution in [3.63, 3.8) is 0 Å². The molecule has 0 saturated carbocycles. The Morgan fingerprint density at radius 2 is 1.85 bits per heavy atom. The van der Waals surface area contributed by atoms with Gasteiger partial charge in [-0.25, -0.2) is 4.39 Å². The fourth-order valence-electron chi connectivity index (χ4n) is 2.12. The van der Waals surface area contributed by atoms with Crippen molar-refractivity contribution in [1.82, 2.24) is 0 Å². The molecule has 104 valence electrons. The molecule has 0 aliphatic heterocycles. The fraction of sp³-hybridized carbons (Fsp3) is 0.133. The Kier molecular flexibility index (Phi) is 4.57. The SMILES string of the molecule is CCN(c1ccccc1F)c1cccc(Cl)c1C(N)=S. The van der Waals surface area contributed by atoms with Crippen molar-refractivity contribution in [1.29, 1.82) is 0 Å². The first-order chi connectivity index (χ1) is 9.56. The third kappa shape index (κ3) is 2.76. The molecule has 0 atom stereocenters. The van der Waals surface area contributed by atoms with Gasteiger partial charge in [-0.1, -0.05) is 42.0 Å². The lowest BCUT2D eigenvalue weighted by Gasteiger charge is -2.26. The molecule has 0 unspecified atom stereocenters. The number of thiocarbonyl (C=S) groups is 1. The summed E-state index contributed by atoms with van der Waals surface area (Å²) in [6.07, 6.45) is 0. The molecule has 2 aromatic carbocycles. The molecule has 2 N–H and O–H groups in total. The van der Waals surface area contributed by atoms with Crippen LogP contribution in [0.15, 0.2) is 42.5 Å². The van der Waals surface area contributed by atoms with Crippen LogP contribution < -0.4 is 10.6 Å². The van der Waals surface area contributed by atoms with Gasteiger partial charge in [-0.3, -0.25) is 0 Å². The average molecular weight is 309 g/mol. The number of anilines is 2. The van der Waals surface area contributed by atoms with Gasteiger partial charge in [0.2, 0.25) is 0 Å². The summed E-state index contributed by atoms with van der Waals surface area (Å²) in [5, 5.41) is 0.463. The summed E-state index contributed by atoms with van der Waals surface area (Å²) in [6, 6.07) is 11.9. The lowest BCUT2D eigenvalue weighted by atomic mass is 10.1. The molecule has 0 amide bonds. The third-order valence-corrected chi connectivity index (χ3v) is 3.51. The predicted molar refractivity (Wildman–Crippen MR) is 86.4 cm³/mol. The van der Waals surface area contributed by atoms with E-state index in [1.165, 1.54) is 6.07 Å². The van der Waals surface area contributed by atoms with Crippen LogP contribution in [0.1, 0.15) is 12.5 Å². The number of hydrogen-bond donors (Lipinski definition) is 1. The Morgan fingerprint density at radius 1 is 1.20 bits per heavy atom. The highest BCUT2D eigenvalue weighted by atomic mass is 35.5. The van der Waals surface area contributed by atoms with E-state index in [0.29, 0.717) is 28.5 Å². The first kappa shape index (κ1) is 14.8. The van der Waals surface area contributed by atoms with Crippen LogP contribution in [0, 0.1) is 5.82 Å². The van der Waals surface area contributed by atoms with E-state index in [9.17, 15) is 4.39 Å². The lowest BCUT2D eigenvalue weighted by molar-refractivity contribution is 0.625. The molecule has 0 bridgehead atoms. The van der Waals surface area contributed by atoms with E-state index in [1.807, 2.05) is 13.0 Å². The molecule has 0 heterocycles. The van der Waals surface area contributed by atoms with E-state index in [2.05, 4.69) is 0 Å². The maximum absolute atomic E-state index is 14.0. The number of halogens is 2. The molecular weight excluding hydrogens is 295 g/mol. The molecular formula is C15H14ClFN2S. The molecule has 0 aliphatic rings. The van der Waals surface area contributed by atoms with Gasteiger partial charge in [0.25, 0.3) is 0 Å². The largest absolute Gasteiger partial charge is 0.389 e. The van der Waals surface area contributed by atoms with Crippen molar-refractivity contribution in [2.75, 3.05) is 11.4 Å². The van der Waals surface area contributed by atoms with Crippen molar-refractivity contribution < 1.29 is 4.39 Å². The normalized spacial score (nSPS) is 10.3. The van der Waals surface area contributed by atoms with E-state index in [0.717, 1.165) is 0 Å². The van der Waals surface area contributed by atoms with Crippen molar-refractivity contribution in [2.45, 2.75) is 6.92 Å². The summed E-state index contributed by atoms with van der Waals surface area (Å²) >= 11 is 11.2. The zero-order chi connectivity index (χ0) is 14.7. The second kappa shape index (κ2) is 6.20. The highest BCUT2D eigenvalue weighted by Crippen LogP contribution is 2.33. The number of para-hydroxylation sites is 1. The monoisotopic (exact) mass is 308 g/mol.